The van der Waals surface area contributed by atoms with Crippen LogP contribution in [-0.4, -0.2) is 23.9 Å². The third-order valence-electron chi connectivity index (χ3n) is 3.06. The number of hydrogen-bond donors (Lipinski definition) is 1. The van der Waals surface area contributed by atoms with Crippen molar-refractivity contribution in [2.75, 3.05) is 13.1 Å². The molecule has 4 heteroatoms. The molecule has 0 radical (unpaired) electrons. The average Bonchev–Trinajstić information content (AvgIpc) is 2.19. The molecule has 0 unspecified atom stereocenters. The second-order valence-electron chi connectivity index (χ2n) is 4.19. The number of nitrogens with two attached hydrogens (primary N) is 1. The Kier molecular flexibility index (Phi) is 2.67. The third kappa shape index (κ3) is 2.30. The fourth-order valence-corrected chi connectivity index (χ4v) is 2.12. The lowest BCUT2D eigenvalue weighted by atomic mass is 10.0. The second kappa shape index (κ2) is 3.83. The molecule has 1 heterocycles. The van der Waals surface area contributed by atoms with Gasteiger partial charge in [-0.25, -0.2) is 8.78 Å². The van der Waals surface area contributed by atoms with E-state index in [0.717, 1.165) is 24.2 Å². The molecule has 0 aromatic rings. The zero-order chi connectivity index (χ0) is 10.9. The van der Waals surface area contributed by atoms with E-state index in [1.165, 1.54) is 0 Å². The van der Waals surface area contributed by atoms with Gasteiger partial charge in [0.15, 0.2) is 0 Å². The Morgan fingerprint density at radius 1 is 1.27 bits per heavy atom. The van der Waals surface area contributed by atoms with E-state index in [0.29, 0.717) is 13.1 Å². The highest BCUT2D eigenvalue weighted by Gasteiger charge is 2.34. The van der Waals surface area contributed by atoms with Gasteiger partial charge in [-0.1, -0.05) is 6.08 Å². The van der Waals surface area contributed by atoms with Crippen LogP contribution in [0.25, 0.3) is 0 Å². The van der Waals surface area contributed by atoms with Crippen molar-refractivity contribution >= 4 is 0 Å². The Morgan fingerprint density at radius 3 is 2.53 bits per heavy atom. The number of alkyl halides is 2. The molecular formula is C11H16F2N2. The molecule has 0 atom stereocenters. The van der Waals surface area contributed by atoms with Crippen molar-refractivity contribution < 1.29 is 8.78 Å². The van der Waals surface area contributed by atoms with Crippen LogP contribution in [0, 0.1) is 0 Å². The molecule has 84 valence electrons. The van der Waals surface area contributed by atoms with Crippen LogP contribution >= 0.6 is 0 Å². The molecule has 2 N–H and O–H groups in total. The van der Waals surface area contributed by atoms with Gasteiger partial charge in [-0.2, -0.15) is 0 Å². The quantitative estimate of drug-likeness (QED) is 0.725. The highest BCUT2D eigenvalue weighted by molar-refractivity contribution is 5.26. The van der Waals surface area contributed by atoms with Gasteiger partial charge in [-0.15, -0.1) is 0 Å². The summed E-state index contributed by atoms with van der Waals surface area (Å²) in [6.07, 6.45) is 5.65. The Labute approximate surface area is 88.4 Å². The molecule has 1 aliphatic carbocycles. The van der Waals surface area contributed by atoms with Gasteiger partial charge in [0, 0.05) is 31.6 Å². The standard InChI is InChI=1S/C11H16F2N2/c12-11(13)5-7-15(8-6-11)10-4-2-1-3-9(10)14/h1,3H,2,4-8,14H2. The van der Waals surface area contributed by atoms with Gasteiger partial charge < -0.3 is 10.6 Å². The topological polar surface area (TPSA) is 29.3 Å². The first-order chi connectivity index (χ1) is 7.08. The number of halogens is 2. The average molecular weight is 214 g/mol. The van der Waals surface area contributed by atoms with Crippen molar-refractivity contribution in [1.82, 2.24) is 4.90 Å². The summed E-state index contributed by atoms with van der Waals surface area (Å²) in [5.74, 6) is -2.48. The summed E-state index contributed by atoms with van der Waals surface area (Å²) < 4.78 is 25.9. The number of allylic oxidation sites excluding steroid dienone is 3. The van der Waals surface area contributed by atoms with Crippen LogP contribution in [0.4, 0.5) is 8.78 Å². The van der Waals surface area contributed by atoms with Crippen molar-refractivity contribution in [3.8, 4) is 0 Å². The van der Waals surface area contributed by atoms with E-state index in [1.54, 1.807) is 0 Å². The van der Waals surface area contributed by atoms with Crippen molar-refractivity contribution in [1.29, 1.82) is 0 Å². The van der Waals surface area contributed by atoms with E-state index in [9.17, 15) is 8.78 Å². The van der Waals surface area contributed by atoms with Crippen molar-refractivity contribution in [3.05, 3.63) is 23.5 Å². The van der Waals surface area contributed by atoms with E-state index >= 15 is 0 Å². The largest absolute Gasteiger partial charge is 0.397 e. The smallest absolute Gasteiger partial charge is 0.251 e. The normalized spacial score (nSPS) is 25.9. The van der Waals surface area contributed by atoms with Crippen molar-refractivity contribution in [3.63, 3.8) is 0 Å². The number of nitrogens with zero attached hydrogens (tertiary/aromatic N) is 1. The minimum Gasteiger partial charge on any atom is -0.397 e. The summed E-state index contributed by atoms with van der Waals surface area (Å²) in [6, 6.07) is 0. The van der Waals surface area contributed by atoms with Crippen molar-refractivity contribution in [2.24, 2.45) is 5.73 Å². The van der Waals surface area contributed by atoms with Crippen LogP contribution in [0.15, 0.2) is 23.5 Å². The van der Waals surface area contributed by atoms with Crippen LogP contribution < -0.4 is 5.73 Å². The Balaban J connectivity index is 2.04. The second-order valence-corrected chi connectivity index (χ2v) is 4.19. The number of piperidine rings is 1. The molecule has 0 spiro atoms. The first-order valence-electron chi connectivity index (χ1n) is 5.36. The van der Waals surface area contributed by atoms with E-state index < -0.39 is 5.92 Å². The molecule has 1 aliphatic heterocycles. The van der Waals surface area contributed by atoms with E-state index in [4.69, 9.17) is 5.73 Å². The minimum absolute atomic E-state index is 0.0481. The molecule has 1 saturated heterocycles. The fraction of sp³-hybridized carbons (Fsp3) is 0.636. The molecule has 0 aromatic heterocycles. The monoisotopic (exact) mass is 214 g/mol. The molecule has 0 bridgehead atoms. The van der Waals surface area contributed by atoms with Crippen molar-refractivity contribution in [2.45, 2.75) is 31.6 Å². The fourth-order valence-electron chi connectivity index (χ4n) is 2.12. The van der Waals surface area contributed by atoms with Gasteiger partial charge in [0.05, 0.1) is 5.70 Å². The maximum absolute atomic E-state index is 13.0. The highest BCUT2D eigenvalue weighted by Crippen LogP contribution is 2.31. The van der Waals surface area contributed by atoms with E-state index in [2.05, 4.69) is 0 Å². The van der Waals surface area contributed by atoms with E-state index in [-0.39, 0.29) is 12.8 Å². The van der Waals surface area contributed by atoms with Gasteiger partial charge >= 0.3 is 0 Å². The van der Waals surface area contributed by atoms with Crippen LogP contribution in [-0.2, 0) is 0 Å². The summed E-state index contributed by atoms with van der Waals surface area (Å²) in [5, 5.41) is 0. The predicted octanol–water partition coefficient (Wildman–Crippen LogP) is 2.24. The molecule has 1 fully saturated rings. The maximum atomic E-state index is 13.0. The Morgan fingerprint density at radius 2 is 1.93 bits per heavy atom. The lowest BCUT2D eigenvalue weighted by Gasteiger charge is -2.36. The zero-order valence-corrected chi connectivity index (χ0v) is 8.68. The maximum Gasteiger partial charge on any atom is 0.251 e. The van der Waals surface area contributed by atoms with E-state index in [1.807, 2.05) is 17.1 Å². The Bertz CT molecular complexity index is 298. The summed E-state index contributed by atoms with van der Waals surface area (Å²) in [6.45, 7) is 0.855. The number of likely N-dealkylation sites (tertiary alicyclic amines) is 1. The van der Waals surface area contributed by atoms with Gasteiger partial charge in [0.25, 0.3) is 5.92 Å². The predicted molar refractivity (Wildman–Crippen MR) is 55.3 cm³/mol. The molecule has 2 rings (SSSR count). The van der Waals surface area contributed by atoms with Crippen LogP contribution in [0.1, 0.15) is 25.7 Å². The SMILES string of the molecule is NC1=C(N2CCC(F)(F)CC2)CCC=C1. The molecule has 0 amide bonds. The zero-order valence-electron chi connectivity index (χ0n) is 8.68. The summed E-state index contributed by atoms with van der Waals surface area (Å²) in [5.41, 5.74) is 7.63. The molecule has 15 heavy (non-hydrogen) atoms. The minimum atomic E-state index is -2.48. The van der Waals surface area contributed by atoms with Crippen LogP contribution in [0.3, 0.4) is 0 Å². The molecule has 0 aromatic carbocycles. The highest BCUT2D eigenvalue weighted by atomic mass is 19.3. The van der Waals surface area contributed by atoms with Gasteiger partial charge in [0.1, 0.15) is 0 Å². The van der Waals surface area contributed by atoms with Gasteiger partial charge in [0.2, 0.25) is 0 Å². The summed E-state index contributed by atoms with van der Waals surface area (Å²) in [7, 11) is 0. The van der Waals surface area contributed by atoms with Crippen LogP contribution in [0.5, 0.6) is 0 Å². The molecule has 0 saturated carbocycles. The number of hydrogen-bond acceptors (Lipinski definition) is 2. The summed E-state index contributed by atoms with van der Waals surface area (Å²) >= 11 is 0. The van der Waals surface area contributed by atoms with Gasteiger partial charge in [-0.05, 0) is 18.9 Å². The number of rotatable bonds is 1. The Hall–Kier alpha value is -1.06. The van der Waals surface area contributed by atoms with Crippen LogP contribution in [0.2, 0.25) is 0 Å². The molecule has 2 aliphatic rings. The first kappa shape index (κ1) is 10.5. The molecular weight excluding hydrogens is 198 g/mol. The lowest BCUT2D eigenvalue weighted by molar-refractivity contribution is -0.0496. The summed E-state index contributed by atoms with van der Waals surface area (Å²) in [4.78, 5) is 2.01. The van der Waals surface area contributed by atoms with Gasteiger partial charge in [-0.3, -0.25) is 0 Å². The first-order valence-corrected chi connectivity index (χ1v) is 5.36. The third-order valence-corrected chi connectivity index (χ3v) is 3.06. The molecule has 2 nitrogen and oxygen atoms in total. The lowest BCUT2D eigenvalue weighted by Crippen LogP contribution is -2.39.